The van der Waals surface area contributed by atoms with Gasteiger partial charge in [-0.1, -0.05) is 6.42 Å². The van der Waals surface area contributed by atoms with E-state index < -0.39 is 24.2 Å². The summed E-state index contributed by atoms with van der Waals surface area (Å²) in [5.74, 6) is -0.193. The summed E-state index contributed by atoms with van der Waals surface area (Å²) >= 11 is 1.36. The lowest BCUT2D eigenvalue weighted by Gasteiger charge is -2.32. The summed E-state index contributed by atoms with van der Waals surface area (Å²) in [7, 11) is 0. The van der Waals surface area contributed by atoms with E-state index >= 15 is 0 Å². The number of furan rings is 1. The van der Waals surface area contributed by atoms with Gasteiger partial charge < -0.3 is 15.1 Å². The van der Waals surface area contributed by atoms with Crippen molar-refractivity contribution in [1.29, 1.82) is 5.26 Å². The summed E-state index contributed by atoms with van der Waals surface area (Å²) in [6, 6.07) is 4.09. The first-order valence-electron chi connectivity index (χ1n) is 10.7. The first-order chi connectivity index (χ1) is 15.8. The van der Waals surface area contributed by atoms with Crippen molar-refractivity contribution in [2.75, 3.05) is 10.6 Å². The van der Waals surface area contributed by atoms with Gasteiger partial charge in [-0.3, -0.25) is 4.79 Å². The highest BCUT2D eigenvalue weighted by molar-refractivity contribution is 7.16. The predicted molar refractivity (Wildman–Crippen MR) is 115 cm³/mol. The van der Waals surface area contributed by atoms with Crippen molar-refractivity contribution in [3.8, 4) is 6.07 Å². The number of aryl methyl sites for hydroxylation is 1. The smallest absolute Gasteiger partial charge is 0.410 e. The fourth-order valence-electron chi connectivity index (χ4n) is 4.48. The number of nitrogens with zero attached hydrogens (tertiary/aromatic N) is 3. The lowest BCUT2D eigenvalue weighted by atomic mass is 10.0. The third-order valence-electron chi connectivity index (χ3n) is 6.07. The lowest BCUT2D eigenvalue weighted by Crippen LogP contribution is -2.35. The molecule has 5 rings (SSSR count). The summed E-state index contributed by atoms with van der Waals surface area (Å²) in [5, 5.41) is 19.8. The van der Waals surface area contributed by atoms with Crippen LogP contribution in [-0.4, -0.2) is 21.9 Å². The number of fused-ring (bicyclic) bond motifs is 2. The highest BCUT2D eigenvalue weighted by atomic mass is 32.1. The number of nitriles is 1. The summed E-state index contributed by atoms with van der Waals surface area (Å²) in [4.78, 5) is 14.0. The standard InChI is InChI=1S/C22H20F3N5O2S/c23-22(24,25)18-9-14(16-6-4-8-32-16)27-19-10-15(29-30(18)19)20(31)28-21-13(11-26)12-5-2-1-3-7-17(12)33-21/h4,6,8,10,14,18,27H,1-3,5,7,9H2,(H,28,31)/t14-,18-/m1/s1. The van der Waals surface area contributed by atoms with Crippen molar-refractivity contribution in [1.82, 2.24) is 9.78 Å². The second kappa shape index (κ2) is 8.26. The van der Waals surface area contributed by atoms with E-state index in [1.807, 2.05) is 0 Å². The maximum atomic E-state index is 13.8. The van der Waals surface area contributed by atoms with Crippen LogP contribution in [0.25, 0.3) is 0 Å². The number of halogens is 3. The van der Waals surface area contributed by atoms with E-state index in [-0.39, 0.29) is 17.9 Å². The van der Waals surface area contributed by atoms with Crippen LogP contribution in [0.2, 0.25) is 0 Å². The van der Waals surface area contributed by atoms with E-state index in [1.165, 1.54) is 23.7 Å². The largest absolute Gasteiger partial charge is 0.467 e. The van der Waals surface area contributed by atoms with E-state index in [9.17, 15) is 23.2 Å². The number of anilines is 2. The minimum Gasteiger partial charge on any atom is -0.467 e. The Labute approximate surface area is 191 Å². The Morgan fingerprint density at radius 1 is 1.33 bits per heavy atom. The van der Waals surface area contributed by atoms with Crippen molar-refractivity contribution < 1.29 is 22.4 Å². The third kappa shape index (κ3) is 3.99. The van der Waals surface area contributed by atoms with Gasteiger partial charge in [0, 0.05) is 17.4 Å². The number of alkyl halides is 3. The minimum absolute atomic E-state index is 0.0811. The summed E-state index contributed by atoms with van der Waals surface area (Å²) in [5.41, 5.74) is 1.26. The molecule has 0 aromatic carbocycles. The van der Waals surface area contributed by atoms with E-state index in [4.69, 9.17) is 4.42 Å². The number of nitrogens with one attached hydrogen (secondary N) is 2. The number of aromatic nitrogens is 2. The molecule has 0 fully saturated rings. The average molecular weight is 475 g/mol. The summed E-state index contributed by atoms with van der Waals surface area (Å²) in [6.45, 7) is 0. The quantitative estimate of drug-likeness (QED) is 0.482. The molecule has 3 aromatic rings. The molecule has 11 heteroatoms. The SMILES string of the molecule is N#Cc1c(NC(=O)c2cc3n(n2)[C@@H](C(F)(F)F)C[C@H](c2ccco2)N3)sc2c1CCCCC2. The van der Waals surface area contributed by atoms with Crippen LogP contribution in [0.4, 0.5) is 24.0 Å². The number of carbonyl (C=O) groups excluding carboxylic acids is 1. The third-order valence-corrected chi connectivity index (χ3v) is 7.28. The van der Waals surface area contributed by atoms with Gasteiger partial charge in [0.1, 0.15) is 22.6 Å². The lowest BCUT2D eigenvalue weighted by molar-refractivity contribution is -0.174. The summed E-state index contributed by atoms with van der Waals surface area (Å²) < 4.78 is 47.5. The average Bonchev–Trinajstić information content (AvgIpc) is 3.48. The maximum absolute atomic E-state index is 13.8. The Hall–Kier alpha value is -3.26. The molecule has 0 saturated heterocycles. The van der Waals surface area contributed by atoms with Gasteiger partial charge in [-0.05, 0) is 43.4 Å². The zero-order chi connectivity index (χ0) is 23.2. The van der Waals surface area contributed by atoms with Gasteiger partial charge in [-0.2, -0.15) is 23.5 Å². The molecule has 172 valence electrons. The van der Waals surface area contributed by atoms with Crippen molar-refractivity contribution >= 4 is 28.1 Å². The number of amides is 1. The Bertz CT molecular complexity index is 1220. The van der Waals surface area contributed by atoms with Crippen molar-refractivity contribution in [2.45, 2.75) is 56.8 Å². The Balaban J connectivity index is 1.44. The molecule has 1 amide bonds. The van der Waals surface area contributed by atoms with E-state index in [1.54, 1.807) is 12.1 Å². The van der Waals surface area contributed by atoms with Gasteiger partial charge in [-0.25, -0.2) is 4.68 Å². The molecule has 0 bridgehead atoms. The Kier molecular flexibility index (Phi) is 5.40. The fourth-order valence-corrected chi connectivity index (χ4v) is 5.71. The molecule has 2 aliphatic rings. The van der Waals surface area contributed by atoms with Crippen LogP contribution in [0.1, 0.15) is 70.0 Å². The first kappa shape index (κ1) is 21.6. The van der Waals surface area contributed by atoms with Gasteiger partial charge in [0.2, 0.25) is 0 Å². The molecule has 0 radical (unpaired) electrons. The van der Waals surface area contributed by atoms with Crippen molar-refractivity contribution in [3.63, 3.8) is 0 Å². The van der Waals surface area contributed by atoms with Crippen molar-refractivity contribution in [2.24, 2.45) is 0 Å². The highest BCUT2D eigenvalue weighted by Crippen LogP contribution is 2.44. The number of hydrogen-bond donors (Lipinski definition) is 2. The van der Waals surface area contributed by atoms with Crippen LogP contribution < -0.4 is 10.6 Å². The molecule has 0 unspecified atom stereocenters. The molecule has 3 aromatic heterocycles. The second-order valence-electron chi connectivity index (χ2n) is 8.20. The molecule has 7 nitrogen and oxygen atoms in total. The van der Waals surface area contributed by atoms with Crippen LogP contribution in [-0.2, 0) is 12.8 Å². The minimum atomic E-state index is -4.55. The molecular formula is C22H20F3N5O2S. The van der Waals surface area contributed by atoms with Crippen molar-refractivity contribution in [3.05, 3.63) is 51.9 Å². The summed E-state index contributed by atoms with van der Waals surface area (Å²) in [6.07, 6.45) is 1.29. The van der Waals surface area contributed by atoms with E-state index in [0.717, 1.165) is 47.2 Å². The monoisotopic (exact) mass is 475 g/mol. The Morgan fingerprint density at radius 3 is 2.88 bits per heavy atom. The van der Waals surface area contributed by atoms with E-state index in [0.29, 0.717) is 16.3 Å². The molecule has 0 spiro atoms. The number of rotatable bonds is 3. The van der Waals surface area contributed by atoms with Gasteiger partial charge in [0.25, 0.3) is 5.91 Å². The molecule has 4 heterocycles. The highest BCUT2D eigenvalue weighted by Gasteiger charge is 2.47. The zero-order valence-corrected chi connectivity index (χ0v) is 18.2. The number of carbonyl (C=O) groups is 1. The van der Waals surface area contributed by atoms with Gasteiger partial charge in [0.15, 0.2) is 11.7 Å². The number of hydrogen-bond acceptors (Lipinski definition) is 6. The fraction of sp³-hybridized carbons (Fsp3) is 0.409. The van der Waals surface area contributed by atoms with Crippen LogP contribution in [0.15, 0.2) is 28.9 Å². The number of thiophene rings is 1. The van der Waals surface area contributed by atoms with Gasteiger partial charge in [0.05, 0.1) is 17.9 Å². The van der Waals surface area contributed by atoms with Gasteiger partial charge in [-0.15, -0.1) is 11.3 Å². The van der Waals surface area contributed by atoms with E-state index in [2.05, 4.69) is 21.8 Å². The van der Waals surface area contributed by atoms with Crippen LogP contribution in [0.5, 0.6) is 0 Å². The second-order valence-corrected chi connectivity index (χ2v) is 9.30. The molecule has 33 heavy (non-hydrogen) atoms. The van der Waals surface area contributed by atoms with Crippen LogP contribution in [0.3, 0.4) is 0 Å². The van der Waals surface area contributed by atoms with Crippen LogP contribution >= 0.6 is 11.3 Å². The zero-order valence-electron chi connectivity index (χ0n) is 17.4. The van der Waals surface area contributed by atoms with Gasteiger partial charge >= 0.3 is 6.18 Å². The molecule has 1 aliphatic heterocycles. The molecular weight excluding hydrogens is 455 g/mol. The normalized spacial score (nSPS) is 20.2. The Morgan fingerprint density at radius 2 is 2.15 bits per heavy atom. The molecule has 0 saturated carbocycles. The topological polar surface area (TPSA) is 95.9 Å². The maximum Gasteiger partial charge on any atom is 0.410 e. The molecule has 2 N–H and O–H groups in total. The molecule has 1 aliphatic carbocycles. The predicted octanol–water partition coefficient (Wildman–Crippen LogP) is 5.59. The van der Waals surface area contributed by atoms with Crippen LogP contribution in [0, 0.1) is 11.3 Å². The molecule has 2 atom stereocenters. The first-order valence-corrected chi connectivity index (χ1v) is 11.5.